The van der Waals surface area contributed by atoms with Crippen molar-refractivity contribution in [3.8, 4) is 17.2 Å². The summed E-state index contributed by atoms with van der Waals surface area (Å²) >= 11 is 6.14. The van der Waals surface area contributed by atoms with Gasteiger partial charge < -0.3 is 14.2 Å². The normalized spacial score (nSPS) is 11.1. The van der Waals surface area contributed by atoms with Gasteiger partial charge in [-0.05, 0) is 49.1 Å². The van der Waals surface area contributed by atoms with Gasteiger partial charge in [0.15, 0.2) is 0 Å². The Balaban J connectivity index is 1.97. The average Bonchev–Trinajstić information content (AvgIpc) is 2.79. The van der Waals surface area contributed by atoms with Crippen LogP contribution in [0.25, 0.3) is 0 Å². The van der Waals surface area contributed by atoms with Crippen LogP contribution in [0.5, 0.6) is 17.2 Å². The molecule has 6 nitrogen and oxygen atoms in total. The molecule has 0 saturated heterocycles. The number of anilines is 1. The van der Waals surface area contributed by atoms with Gasteiger partial charge in [0, 0.05) is 12.1 Å². The van der Waals surface area contributed by atoms with E-state index in [0.29, 0.717) is 41.5 Å². The van der Waals surface area contributed by atoms with Gasteiger partial charge in [0.25, 0.3) is 10.0 Å². The van der Waals surface area contributed by atoms with E-state index in [-0.39, 0.29) is 16.3 Å². The van der Waals surface area contributed by atoms with E-state index in [4.69, 9.17) is 25.8 Å². The number of halogens is 1. The van der Waals surface area contributed by atoms with Crippen LogP contribution in [0.3, 0.4) is 0 Å². The lowest BCUT2D eigenvalue weighted by atomic mass is 10.0. The molecule has 0 bridgehead atoms. The summed E-state index contributed by atoms with van der Waals surface area (Å²) in [5, 5.41) is 0.317. The summed E-state index contributed by atoms with van der Waals surface area (Å²) in [6.07, 6.45) is 1.22. The Morgan fingerprint density at radius 2 is 1.62 bits per heavy atom. The van der Waals surface area contributed by atoms with Gasteiger partial charge >= 0.3 is 0 Å². The van der Waals surface area contributed by atoms with Crippen LogP contribution in [0.15, 0.2) is 65.6 Å². The van der Waals surface area contributed by atoms with Crippen molar-refractivity contribution in [2.24, 2.45) is 0 Å². The first-order valence-electron chi connectivity index (χ1n) is 10.1. The smallest absolute Gasteiger partial charge is 0.262 e. The fourth-order valence-corrected chi connectivity index (χ4v) is 4.88. The predicted molar refractivity (Wildman–Crippen MR) is 127 cm³/mol. The van der Waals surface area contributed by atoms with E-state index in [0.717, 1.165) is 5.56 Å². The van der Waals surface area contributed by atoms with Crippen molar-refractivity contribution in [3.63, 3.8) is 0 Å². The quantitative estimate of drug-likeness (QED) is 0.428. The molecule has 0 atom stereocenters. The Morgan fingerprint density at radius 3 is 2.28 bits per heavy atom. The molecular formula is C24H26ClNO5S. The summed E-state index contributed by atoms with van der Waals surface area (Å²) in [5.74, 6) is 1.25. The number of methoxy groups -OCH3 is 2. The van der Waals surface area contributed by atoms with Gasteiger partial charge in [-0.2, -0.15) is 0 Å². The van der Waals surface area contributed by atoms with E-state index in [1.165, 1.54) is 26.4 Å². The van der Waals surface area contributed by atoms with E-state index >= 15 is 0 Å². The first-order valence-corrected chi connectivity index (χ1v) is 12.0. The van der Waals surface area contributed by atoms with Crippen LogP contribution in [0.1, 0.15) is 18.1 Å². The molecule has 3 rings (SSSR count). The molecule has 0 amide bonds. The molecule has 0 saturated carbocycles. The van der Waals surface area contributed by atoms with Crippen molar-refractivity contribution >= 4 is 27.3 Å². The molecule has 170 valence electrons. The highest BCUT2D eigenvalue weighted by Crippen LogP contribution is 2.37. The molecule has 0 aliphatic rings. The van der Waals surface area contributed by atoms with Crippen molar-refractivity contribution in [2.75, 3.05) is 25.5 Å². The topological polar surface area (TPSA) is 73.9 Å². The van der Waals surface area contributed by atoms with E-state index < -0.39 is 10.0 Å². The standard InChI is InChI=1S/C24H26ClNO5S/c1-4-31-19-12-13-24(18(14-19)11-10-17-8-6-5-7-9-17)32(27,28)26-21-16-22(29-2)20(25)15-23(21)30-3/h5-9,12-16,26H,4,10-11H2,1-3H3. The molecule has 0 heterocycles. The lowest BCUT2D eigenvalue weighted by Gasteiger charge is -2.17. The third kappa shape index (κ3) is 5.66. The van der Waals surface area contributed by atoms with Crippen molar-refractivity contribution in [1.29, 1.82) is 0 Å². The highest BCUT2D eigenvalue weighted by Gasteiger charge is 2.22. The fraction of sp³-hybridized carbons (Fsp3) is 0.250. The summed E-state index contributed by atoms with van der Waals surface area (Å²) in [4.78, 5) is 0.174. The zero-order chi connectivity index (χ0) is 23.1. The van der Waals surface area contributed by atoms with Crippen LogP contribution >= 0.6 is 11.6 Å². The summed E-state index contributed by atoms with van der Waals surface area (Å²) in [5.41, 5.74) is 2.01. The molecule has 32 heavy (non-hydrogen) atoms. The molecule has 0 fully saturated rings. The molecule has 0 aromatic heterocycles. The maximum atomic E-state index is 13.4. The van der Waals surface area contributed by atoms with Gasteiger partial charge in [0.1, 0.15) is 17.2 Å². The van der Waals surface area contributed by atoms with Gasteiger partial charge in [-0.15, -0.1) is 0 Å². The van der Waals surface area contributed by atoms with E-state index in [2.05, 4.69) is 4.72 Å². The second-order valence-electron chi connectivity index (χ2n) is 6.98. The van der Waals surface area contributed by atoms with Gasteiger partial charge in [-0.25, -0.2) is 8.42 Å². The molecule has 0 radical (unpaired) electrons. The summed E-state index contributed by atoms with van der Waals surface area (Å²) in [7, 11) is -1.03. The minimum Gasteiger partial charge on any atom is -0.495 e. The van der Waals surface area contributed by atoms with Crippen LogP contribution < -0.4 is 18.9 Å². The van der Waals surface area contributed by atoms with Crippen molar-refractivity contribution in [1.82, 2.24) is 0 Å². The fourth-order valence-electron chi connectivity index (χ4n) is 3.33. The highest BCUT2D eigenvalue weighted by atomic mass is 35.5. The van der Waals surface area contributed by atoms with Crippen molar-refractivity contribution in [2.45, 2.75) is 24.7 Å². The molecule has 0 spiro atoms. The van der Waals surface area contributed by atoms with Crippen LogP contribution in [0.2, 0.25) is 5.02 Å². The number of sulfonamides is 1. The molecule has 0 unspecified atom stereocenters. The minimum atomic E-state index is -3.93. The van der Waals surface area contributed by atoms with Crippen LogP contribution in [-0.2, 0) is 22.9 Å². The largest absolute Gasteiger partial charge is 0.495 e. The monoisotopic (exact) mass is 475 g/mol. The number of benzene rings is 3. The van der Waals surface area contributed by atoms with Gasteiger partial charge in [-0.1, -0.05) is 41.9 Å². The van der Waals surface area contributed by atoms with Crippen LogP contribution in [0.4, 0.5) is 5.69 Å². The zero-order valence-electron chi connectivity index (χ0n) is 18.2. The Bertz CT molecular complexity index is 1170. The summed E-state index contributed by atoms with van der Waals surface area (Å²) in [6.45, 7) is 2.38. The number of aryl methyl sites for hydroxylation is 2. The Kier molecular flexibility index (Phi) is 7.88. The second kappa shape index (κ2) is 10.6. The average molecular weight is 476 g/mol. The maximum absolute atomic E-state index is 13.4. The number of rotatable bonds is 10. The highest BCUT2D eigenvalue weighted by molar-refractivity contribution is 7.92. The number of nitrogens with one attached hydrogen (secondary N) is 1. The molecule has 0 aliphatic heterocycles. The number of ether oxygens (including phenoxy) is 3. The number of hydrogen-bond donors (Lipinski definition) is 1. The van der Waals surface area contributed by atoms with E-state index in [1.54, 1.807) is 18.2 Å². The maximum Gasteiger partial charge on any atom is 0.262 e. The molecule has 8 heteroatoms. The summed E-state index contributed by atoms with van der Waals surface area (Å²) in [6, 6.07) is 17.9. The summed E-state index contributed by atoms with van der Waals surface area (Å²) < 4.78 is 45.5. The molecule has 3 aromatic rings. The van der Waals surface area contributed by atoms with Crippen LogP contribution in [0, 0.1) is 0 Å². The van der Waals surface area contributed by atoms with Gasteiger partial charge in [0.2, 0.25) is 0 Å². The Hall–Kier alpha value is -2.90. The Labute approximate surface area is 194 Å². The van der Waals surface area contributed by atoms with Crippen molar-refractivity contribution in [3.05, 3.63) is 76.8 Å². The molecule has 1 N–H and O–H groups in total. The second-order valence-corrected chi connectivity index (χ2v) is 9.04. The SMILES string of the molecule is CCOc1ccc(S(=O)(=O)Nc2cc(OC)c(Cl)cc2OC)c(CCc2ccccc2)c1. The number of hydrogen-bond acceptors (Lipinski definition) is 5. The molecule has 0 aliphatic carbocycles. The van der Waals surface area contributed by atoms with Gasteiger partial charge in [0.05, 0.1) is 36.4 Å². The van der Waals surface area contributed by atoms with E-state index in [9.17, 15) is 8.42 Å². The minimum absolute atomic E-state index is 0.174. The zero-order valence-corrected chi connectivity index (χ0v) is 19.8. The lowest BCUT2D eigenvalue weighted by molar-refractivity contribution is 0.339. The molecular weight excluding hydrogens is 450 g/mol. The first kappa shape index (κ1) is 23.8. The first-order chi connectivity index (χ1) is 15.4. The predicted octanol–water partition coefficient (Wildman–Crippen LogP) is 5.34. The van der Waals surface area contributed by atoms with Crippen molar-refractivity contribution < 1.29 is 22.6 Å². The van der Waals surface area contributed by atoms with E-state index in [1.807, 2.05) is 37.3 Å². The van der Waals surface area contributed by atoms with Crippen LogP contribution in [-0.4, -0.2) is 29.2 Å². The van der Waals surface area contributed by atoms with Gasteiger partial charge in [-0.3, -0.25) is 4.72 Å². The lowest BCUT2D eigenvalue weighted by Crippen LogP contribution is -2.16. The molecule has 3 aromatic carbocycles. The Morgan fingerprint density at radius 1 is 0.906 bits per heavy atom. The third-order valence-corrected chi connectivity index (χ3v) is 6.64. The third-order valence-electron chi connectivity index (χ3n) is 4.88.